The van der Waals surface area contributed by atoms with Gasteiger partial charge in [0, 0.05) is 21.8 Å². The highest BCUT2D eigenvalue weighted by molar-refractivity contribution is 9.10. The molecular weight excluding hydrogens is 234 g/mol. The van der Waals surface area contributed by atoms with Crippen LogP contribution >= 0.6 is 27.3 Å². The van der Waals surface area contributed by atoms with E-state index in [2.05, 4.69) is 32.7 Å². The number of piperidine rings is 1. The van der Waals surface area contributed by atoms with Crippen molar-refractivity contribution < 1.29 is 0 Å². The van der Waals surface area contributed by atoms with Gasteiger partial charge >= 0.3 is 0 Å². The SMILES string of the molecule is Brc1ccsc1C1CCCNC1. The molecule has 2 heterocycles. The Morgan fingerprint density at radius 3 is 3.08 bits per heavy atom. The molecule has 1 saturated heterocycles. The van der Waals surface area contributed by atoms with Crippen molar-refractivity contribution in [1.82, 2.24) is 5.32 Å². The van der Waals surface area contributed by atoms with Crippen LogP contribution in [0.15, 0.2) is 15.9 Å². The first kappa shape index (κ1) is 8.73. The van der Waals surface area contributed by atoms with E-state index >= 15 is 0 Å². The van der Waals surface area contributed by atoms with Crippen LogP contribution in [0.5, 0.6) is 0 Å². The van der Waals surface area contributed by atoms with E-state index in [4.69, 9.17) is 0 Å². The quantitative estimate of drug-likeness (QED) is 0.803. The van der Waals surface area contributed by atoms with E-state index in [0.717, 1.165) is 12.5 Å². The van der Waals surface area contributed by atoms with Crippen LogP contribution < -0.4 is 5.32 Å². The van der Waals surface area contributed by atoms with Gasteiger partial charge in [0.15, 0.2) is 0 Å². The average molecular weight is 246 g/mol. The van der Waals surface area contributed by atoms with E-state index in [0.29, 0.717) is 0 Å². The molecule has 12 heavy (non-hydrogen) atoms. The summed E-state index contributed by atoms with van der Waals surface area (Å²) in [6.45, 7) is 2.35. The Morgan fingerprint density at radius 2 is 2.50 bits per heavy atom. The first-order chi connectivity index (χ1) is 5.88. The molecular formula is C9H12BrNS. The fourth-order valence-corrected chi connectivity index (χ4v) is 3.51. The topological polar surface area (TPSA) is 12.0 Å². The van der Waals surface area contributed by atoms with Gasteiger partial charge in [0.25, 0.3) is 0 Å². The Morgan fingerprint density at radius 1 is 1.58 bits per heavy atom. The van der Waals surface area contributed by atoms with Gasteiger partial charge in [0.1, 0.15) is 0 Å². The predicted octanol–water partition coefficient (Wildman–Crippen LogP) is 2.98. The summed E-state index contributed by atoms with van der Waals surface area (Å²) in [7, 11) is 0. The molecule has 1 aromatic heterocycles. The first-order valence-corrected chi connectivity index (χ1v) is 5.99. The van der Waals surface area contributed by atoms with Crippen molar-refractivity contribution in [3.05, 3.63) is 20.8 Å². The second-order valence-corrected chi connectivity index (χ2v) is 4.98. The van der Waals surface area contributed by atoms with E-state index in [1.54, 1.807) is 0 Å². The highest BCUT2D eigenvalue weighted by atomic mass is 79.9. The van der Waals surface area contributed by atoms with E-state index in [1.807, 2.05) is 11.3 Å². The molecule has 0 saturated carbocycles. The van der Waals surface area contributed by atoms with E-state index in [1.165, 1.54) is 28.7 Å². The maximum Gasteiger partial charge on any atom is 0.0317 e. The van der Waals surface area contributed by atoms with Gasteiger partial charge in [0.05, 0.1) is 0 Å². The number of thiophene rings is 1. The average Bonchev–Trinajstić information content (AvgIpc) is 2.53. The highest BCUT2D eigenvalue weighted by Gasteiger charge is 2.17. The zero-order valence-corrected chi connectivity index (χ0v) is 9.25. The monoisotopic (exact) mass is 245 g/mol. The second kappa shape index (κ2) is 3.90. The molecule has 0 aromatic carbocycles. The van der Waals surface area contributed by atoms with Gasteiger partial charge in [-0.15, -0.1) is 11.3 Å². The largest absolute Gasteiger partial charge is 0.316 e. The molecule has 66 valence electrons. The van der Waals surface area contributed by atoms with Crippen LogP contribution in [0.4, 0.5) is 0 Å². The number of nitrogens with one attached hydrogen (secondary N) is 1. The molecule has 2 rings (SSSR count). The Bertz CT molecular complexity index is 253. The molecule has 1 nitrogen and oxygen atoms in total. The third kappa shape index (κ3) is 1.73. The highest BCUT2D eigenvalue weighted by Crippen LogP contribution is 2.33. The van der Waals surface area contributed by atoms with Crippen molar-refractivity contribution in [2.75, 3.05) is 13.1 Å². The summed E-state index contributed by atoms with van der Waals surface area (Å²) < 4.78 is 1.29. The van der Waals surface area contributed by atoms with Crippen molar-refractivity contribution in [1.29, 1.82) is 0 Å². The molecule has 1 unspecified atom stereocenters. The predicted molar refractivity (Wildman–Crippen MR) is 56.9 cm³/mol. The third-order valence-corrected chi connectivity index (χ3v) is 4.35. The lowest BCUT2D eigenvalue weighted by atomic mass is 9.98. The van der Waals surface area contributed by atoms with Crippen LogP contribution in [-0.4, -0.2) is 13.1 Å². The normalized spacial score (nSPS) is 24.2. The Labute approximate surface area is 85.3 Å². The summed E-state index contributed by atoms with van der Waals surface area (Å²) in [6.07, 6.45) is 2.65. The van der Waals surface area contributed by atoms with Crippen molar-refractivity contribution in [3.8, 4) is 0 Å². The van der Waals surface area contributed by atoms with Gasteiger partial charge in [-0.3, -0.25) is 0 Å². The maximum absolute atomic E-state index is 3.58. The summed E-state index contributed by atoms with van der Waals surface area (Å²) in [5.41, 5.74) is 0. The summed E-state index contributed by atoms with van der Waals surface area (Å²) in [5, 5.41) is 5.60. The minimum absolute atomic E-state index is 0.744. The lowest BCUT2D eigenvalue weighted by molar-refractivity contribution is 0.465. The first-order valence-electron chi connectivity index (χ1n) is 4.31. The van der Waals surface area contributed by atoms with Gasteiger partial charge < -0.3 is 5.32 Å². The summed E-state index contributed by atoms with van der Waals surface area (Å²) >= 11 is 5.45. The molecule has 0 radical (unpaired) electrons. The van der Waals surface area contributed by atoms with Crippen molar-refractivity contribution >= 4 is 27.3 Å². The van der Waals surface area contributed by atoms with Gasteiger partial charge in [-0.2, -0.15) is 0 Å². The molecule has 1 fully saturated rings. The minimum Gasteiger partial charge on any atom is -0.316 e. The molecule has 1 aliphatic heterocycles. The number of hydrogen-bond donors (Lipinski definition) is 1. The van der Waals surface area contributed by atoms with Gasteiger partial charge in [0.2, 0.25) is 0 Å². The summed E-state index contributed by atoms with van der Waals surface area (Å²) in [6, 6.07) is 2.15. The third-order valence-electron chi connectivity index (χ3n) is 2.31. The van der Waals surface area contributed by atoms with Gasteiger partial charge in [-0.1, -0.05) is 0 Å². The Kier molecular flexibility index (Phi) is 2.84. The number of rotatable bonds is 1. The lowest BCUT2D eigenvalue weighted by Gasteiger charge is -2.21. The molecule has 1 aromatic rings. The fraction of sp³-hybridized carbons (Fsp3) is 0.556. The summed E-state index contributed by atoms with van der Waals surface area (Å²) in [4.78, 5) is 1.52. The minimum atomic E-state index is 0.744. The van der Waals surface area contributed by atoms with E-state index in [-0.39, 0.29) is 0 Å². The zero-order valence-electron chi connectivity index (χ0n) is 6.85. The van der Waals surface area contributed by atoms with Crippen molar-refractivity contribution in [3.63, 3.8) is 0 Å². The molecule has 3 heteroatoms. The van der Waals surface area contributed by atoms with E-state index in [9.17, 15) is 0 Å². The van der Waals surface area contributed by atoms with E-state index < -0.39 is 0 Å². The Balaban J connectivity index is 2.13. The van der Waals surface area contributed by atoms with Gasteiger partial charge in [-0.25, -0.2) is 0 Å². The van der Waals surface area contributed by atoms with Crippen molar-refractivity contribution in [2.24, 2.45) is 0 Å². The number of hydrogen-bond acceptors (Lipinski definition) is 2. The van der Waals surface area contributed by atoms with Crippen LogP contribution in [0, 0.1) is 0 Å². The van der Waals surface area contributed by atoms with Crippen LogP contribution in [0.3, 0.4) is 0 Å². The van der Waals surface area contributed by atoms with Crippen LogP contribution in [0.25, 0.3) is 0 Å². The molecule has 0 bridgehead atoms. The molecule has 0 amide bonds. The van der Waals surface area contributed by atoms with Crippen LogP contribution in [0.2, 0.25) is 0 Å². The zero-order chi connectivity index (χ0) is 8.39. The van der Waals surface area contributed by atoms with Crippen LogP contribution in [-0.2, 0) is 0 Å². The Hall–Kier alpha value is 0.140. The molecule has 1 aliphatic rings. The second-order valence-electron chi connectivity index (χ2n) is 3.18. The van der Waals surface area contributed by atoms with Gasteiger partial charge in [-0.05, 0) is 46.8 Å². The fourth-order valence-electron chi connectivity index (χ4n) is 1.67. The van der Waals surface area contributed by atoms with Crippen molar-refractivity contribution in [2.45, 2.75) is 18.8 Å². The maximum atomic E-state index is 3.58. The standard InChI is InChI=1S/C9H12BrNS/c10-8-3-5-12-9(8)7-2-1-4-11-6-7/h3,5,7,11H,1-2,4,6H2. The molecule has 1 atom stereocenters. The molecule has 0 spiro atoms. The number of halogens is 1. The smallest absolute Gasteiger partial charge is 0.0317 e. The lowest BCUT2D eigenvalue weighted by Crippen LogP contribution is -2.27. The molecule has 1 N–H and O–H groups in total. The summed E-state index contributed by atoms with van der Waals surface area (Å²) in [5.74, 6) is 0.744. The van der Waals surface area contributed by atoms with Crippen LogP contribution in [0.1, 0.15) is 23.6 Å². The molecule has 0 aliphatic carbocycles.